The fraction of sp³-hybridized carbons (Fsp3) is 0. The van der Waals surface area contributed by atoms with Gasteiger partial charge in [0.1, 0.15) is 0 Å². The minimum atomic E-state index is -4.61. The average molecular weight is 237 g/mol. The number of hydrogen-bond donors (Lipinski definition) is 4. The molecule has 0 atom stereocenters. The van der Waals surface area contributed by atoms with Crippen molar-refractivity contribution in [1.29, 1.82) is 0 Å². The zero-order chi connectivity index (χ0) is 4.50. The maximum absolute atomic E-state index is 7.33. The molecule has 0 saturated heterocycles. The molecule has 1 radical (unpaired) electrons. The number of rotatable bonds is 0. The Bertz CT molecular complexity index is 23.0. The van der Waals surface area contributed by atoms with Crippen molar-refractivity contribution in [3.63, 3.8) is 0 Å². The molecule has 0 aromatic carbocycles. The third kappa shape index (κ3) is 52.5. The van der Waals surface area contributed by atoms with Gasteiger partial charge in [0.05, 0.1) is 0 Å². The minimum absolute atomic E-state index is 0. The van der Waals surface area contributed by atoms with E-state index in [4.69, 9.17) is 19.2 Å². The van der Waals surface area contributed by atoms with E-state index in [9.17, 15) is 0 Å². The molecular weight excluding hydrogens is 233 g/mol. The van der Waals surface area contributed by atoms with Crippen LogP contribution in [-0.4, -0.2) is 28.2 Å². The Balaban J connectivity index is 0. The van der Waals surface area contributed by atoms with Gasteiger partial charge in [-0.25, -0.2) is 0 Å². The van der Waals surface area contributed by atoms with Crippen LogP contribution in [0.3, 0.4) is 0 Å². The topological polar surface area (TPSA) is 80.9 Å². The molecule has 0 aliphatic rings. The van der Waals surface area contributed by atoms with Crippen LogP contribution in [0.5, 0.6) is 0 Å². The third-order valence-corrected chi connectivity index (χ3v) is 0. The molecule has 0 heterocycles. The van der Waals surface area contributed by atoms with Gasteiger partial charge >= 0.3 is 9.05 Å². The second-order valence-corrected chi connectivity index (χ2v) is 1.80. The summed E-state index contributed by atoms with van der Waals surface area (Å²) in [5.41, 5.74) is 0. The zero-order valence-electron chi connectivity index (χ0n) is 2.87. The first-order valence-electron chi connectivity index (χ1n) is 0.894. The van der Waals surface area contributed by atoms with Crippen molar-refractivity contribution in [3.8, 4) is 0 Å². The van der Waals surface area contributed by atoms with E-state index in [0.29, 0.717) is 0 Å². The molecule has 0 aliphatic heterocycles. The van der Waals surface area contributed by atoms with Gasteiger partial charge in [0, 0.05) is 41.3 Å². The molecule has 6 heavy (non-hydrogen) atoms. The second-order valence-electron chi connectivity index (χ2n) is 0.600. The first kappa shape index (κ1) is 10.4. The quantitative estimate of drug-likeness (QED) is 0.348. The fourth-order valence-corrected chi connectivity index (χ4v) is 0. The van der Waals surface area contributed by atoms with E-state index < -0.39 is 9.05 Å². The monoisotopic (exact) mass is 237 g/mol. The Morgan fingerprint density at radius 3 is 0.833 bits per heavy atom. The van der Waals surface area contributed by atoms with Crippen molar-refractivity contribution in [3.05, 3.63) is 0 Å². The van der Waals surface area contributed by atoms with Crippen LogP contribution in [0.25, 0.3) is 0 Å². The van der Waals surface area contributed by atoms with Gasteiger partial charge in [0.15, 0.2) is 0 Å². The van der Waals surface area contributed by atoms with E-state index in [-0.39, 0.29) is 41.3 Å². The molecule has 6 heteroatoms. The average Bonchev–Trinajstić information content (AvgIpc) is 0.722. The predicted octanol–water partition coefficient (Wildman–Crippen LogP) is -2.61. The summed E-state index contributed by atoms with van der Waals surface area (Å²) in [7, 11) is -4.61. The van der Waals surface area contributed by atoms with Crippen molar-refractivity contribution < 1.29 is 60.5 Å². The second kappa shape index (κ2) is 3.43. The molecule has 0 unspecified atom stereocenters. The normalized spacial score (nSPS) is 10.0. The van der Waals surface area contributed by atoms with Crippen molar-refractivity contribution in [1.82, 2.24) is 0 Å². The van der Waals surface area contributed by atoms with Crippen LogP contribution >= 0.6 is 0 Å². The van der Waals surface area contributed by atoms with Crippen LogP contribution in [0.1, 0.15) is 0 Å². The minimum Gasteiger partial charge on any atom is -0.368 e. The van der Waals surface area contributed by atoms with Gasteiger partial charge in [-0.2, -0.15) is 0 Å². The van der Waals surface area contributed by atoms with Crippen molar-refractivity contribution >= 4 is 9.05 Å². The molecule has 0 bridgehead atoms. The summed E-state index contributed by atoms with van der Waals surface area (Å²) in [6.07, 6.45) is 0. The van der Waals surface area contributed by atoms with E-state index in [1.54, 1.807) is 0 Å². The van der Waals surface area contributed by atoms with E-state index in [0.717, 1.165) is 0 Å². The molecule has 0 aromatic heterocycles. The smallest absolute Gasteiger partial charge is 0.368 e. The SMILES string of the molecule is O[Si](O)(O)O.[Pr]. The molecule has 0 aromatic rings. The largest absolute Gasteiger partial charge is 0.668 e. The maximum atomic E-state index is 7.33. The molecule has 35 valence electrons. The first-order chi connectivity index (χ1) is 2.00. The van der Waals surface area contributed by atoms with Gasteiger partial charge < -0.3 is 19.2 Å². The van der Waals surface area contributed by atoms with Gasteiger partial charge in [-0.15, -0.1) is 0 Å². The van der Waals surface area contributed by atoms with Crippen LogP contribution in [0, 0.1) is 41.3 Å². The standard InChI is InChI=1S/H4O4Si.Pr/c1-5(2,3)4;/h1-4H;. The molecule has 0 aliphatic carbocycles. The Kier molecular flexibility index (Phi) is 5.94. The number of hydrogen-bond acceptors (Lipinski definition) is 4. The Morgan fingerprint density at radius 1 is 0.833 bits per heavy atom. The van der Waals surface area contributed by atoms with E-state index >= 15 is 0 Å². The van der Waals surface area contributed by atoms with Gasteiger partial charge in [-0.1, -0.05) is 0 Å². The fourth-order valence-electron chi connectivity index (χ4n) is 0. The summed E-state index contributed by atoms with van der Waals surface area (Å²) in [6.45, 7) is 0. The Labute approximate surface area is 68.9 Å². The Morgan fingerprint density at radius 2 is 0.833 bits per heavy atom. The third-order valence-electron chi connectivity index (χ3n) is 0. The molecule has 4 nitrogen and oxygen atoms in total. The van der Waals surface area contributed by atoms with Crippen LogP contribution < -0.4 is 0 Å². The molecular formula is H4O4PrSi. The van der Waals surface area contributed by atoms with Gasteiger partial charge in [0.25, 0.3) is 0 Å². The molecule has 0 amide bonds. The summed E-state index contributed by atoms with van der Waals surface area (Å²) >= 11 is 0. The van der Waals surface area contributed by atoms with Crippen LogP contribution in [0.4, 0.5) is 0 Å². The van der Waals surface area contributed by atoms with Crippen LogP contribution in [0.2, 0.25) is 0 Å². The van der Waals surface area contributed by atoms with Crippen molar-refractivity contribution in [2.24, 2.45) is 0 Å². The summed E-state index contributed by atoms with van der Waals surface area (Å²) in [5.74, 6) is 0. The van der Waals surface area contributed by atoms with Crippen LogP contribution in [-0.2, 0) is 0 Å². The predicted molar refractivity (Wildman–Crippen MR) is 14.6 cm³/mol. The molecule has 4 N–H and O–H groups in total. The van der Waals surface area contributed by atoms with Crippen molar-refractivity contribution in [2.45, 2.75) is 0 Å². The summed E-state index contributed by atoms with van der Waals surface area (Å²) < 4.78 is 0. The summed E-state index contributed by atoms with van der Waals surface area (Å²) in [5, 5.41) is 0. The van der Waals surface area contributed by atoms with Gasteiger partial charge in [0.2, 0.25) is 0 Å². The van der Waals surface area contributed by atoms with E-state index in [1.165, 1.54) is 0 Å². The van der Waals surface area contributed by atoms with E-state index in [1.807, 2.05) is 0 Å². The van der Waals surface area contributed by atoms with E-state index in [2.05, 4.69) is 0 Å². The van der Waals surface area contributed by atoms with Gasteiger partial charge in [-0.05, 0) is 0 Å². The molecule has 0 fully saturated rings. The van der Waals surface area contributed by atoms with Gasteiger partial charge in [-0.3, -0.25) is 0 Å². The molecule has 0 spiro atoms. The summed E-state index contributed by atoms with van der Waals surface area (Å²) in [6, 6.07) is 0. The zero-order valence-corrected chi connectivity index (χ0v) is 7.57. The van der Waals surface area contributed by atoms with Crippen molar-refractivity contribution in [2.75, 3.05) is 0 Å². The molecule has 0 saturated carbocycles. The Hall–Kier alpha value is 1.42. The maximum Gasteiger partial charge on any atom is 0.668 e. The summed E-state index contributed by atoms with van der Waals surface area (Å²) in [4.78, 5) is 29.3. The first-order valence-corrected chi connectivity index (χ1v) is 2.68. The molecule has 0 rings (SSSR count). The van der Waals surface area contributed by atoms with Crippen LogP contribution in [0.15, 0.2) is 0 Å².